The first-order valence-electron chi connectivity index (χ1n) is 6.07. The summed E-state index contributed by atoms with van der Waals surface area (Å²) in [5.74, 6) is -0.169. The third-order valence-corrected chi connectivity index (χ3v) is 3.51. The lowest BCUT2D eigenvalue weighted by atomic mass is 10.2. The molecule has 0 fully saturated rings. The van der Waals surface area contributed by atoms with Crippen molar-refractivity contribution in [2.75, 3.05) is 17.2 Å². The van der Waals surface area contributed by atoms with Crippen LogP contribution in [0.25, 0.3) is 0 Å². The molecule has 1 amide bonds. The van der Waals surface area contributed by atoms with Gasteiger partial charge in [0.1, 0.15) is 6.07 Å². The maximum Gasteiger partial charge on any atom is 0.243 e. The lowest BCUT2D eigenvalue weighted by molar-refractivity contribution is -0.114. The average Bonchev–Trinajstić information content (AvgIpc) is 2.48. The molecule has 6 heteroatoms. The van der Waals surface area contributed by atoms with Gasteiger partial charge in [-0.25, -0.2) is 0 Å². The maximum atomic E-state index is 11.8. The molecule has 2 aromatic rings. The second-order valence-electron chi connectivity index (χ2n) is 4.22. The van der Waals surface area contributed by atoms with E-state index in [4.69, 9.17) is 16.9 Å². The van der Waals surface area contributed by atoms with E-state index < -0.39 is 0 Å². The van der Waals surface area contributed by atoms with Crippen molar-refractivity contribution in [3.05, 3.63) is 57.5 Å². The van der Waals surface area contributed by atoms with Gasteiger partial charge in [0.15, 0.2) is 0 Å². The van der Waals surface area contributed by atoms with Crippen LogP contribution in [-0.4, -0.2) is 12.5 Å². The summed E-state index contributed by atoms with van der Waals surface area (Å²) < 4.78 is 0.950. The topological polar surface area (TPSA) is 64.9 Å². The first-order valence-corrected chi connectivity index (χ1v) is 7.24. The van der Waals surface area contributed by atoms with Gasteiger partial charge in [0.2, 0.25) is 5.91 Å². The van der Waals surface area contributed by atoms with Gasteiger partial charge >= 0.3 is 0 Å². The SMILES string of the molecule is N#Cc1ccc(NCC(=O)Nc2ccc(Br)cc2)cc1Cl. The first kappa shape index (κ1) is 15.4. The molecule has 0 bridgehead atoms. The highest BCUT2D eigenvalue weighted by Gasteiger charge is 2.04. The molecular formula is C15H11BrClN3O. The first-order chi connectivity index (χ1) is 10.1. The van der Waals surface area contributed by atoms with E-state index in [1.54, 1.807) is 30.3 Å². The molecule has 0 unspecified atom stereocenters. The predicted octanol–water partition coefficient (Wildman–Crippen LogP) is 4.02. The molecule has 0 atom stereocenters. The summed E-state index contributed by atoms with van der Waals surface area (Å²) in [6, 6.07) is 14.2. The van der Waals surface area contributed by atoms with Crippen LogP contribution >= 0.6 is 27.5 Å². The van der Waals surface area contributed by atoms with Gasteiger partial charge < -0.3 is 10.6 Å². The van der Waals surface area contributed by atoms with Gasteiger partial charge in [-0.2, -0.15) is 5.26 Å². The average molecular weight is 365 g/mol. The summed E-state index contributed by atoms with van der Waals surface area (Å²) in [4.78, 5) is 11.8. The van der Waals surface area contributed by atoms with Gasteiger partial charge in [-0.05, 0) is 42.5 Å². The van der Waals surface area contributed by atoms with E-state index in [0.717, 1.165) is 10.2 Å². The number of carbonyl (C=O) groups is 1. The van der Waals surface area contributed by atoms with E-state index >= 15 is 0 Å². The van der Waals surface area contributed by atoms with E-state index in [9.17, 15) is 4.79 Å². The van der Waals surface area contributed by atoms with Gasteiger partial charge in [-0.3, -0.25) is 4.79 Å². The zero-order chi connectivity index (χ0) is 15.2. The minimum atomic E-state index is -0.169. The van der Waals surface area contributed by atoms with Crippen LogP contribution in [0.4, 0.5) is 11.4 Å². The third kappa shape index (κ3) is 4.48. The number of amides is 1. The molecule has 0 saturated carbocycles. The van der Waals surface area contributed by atoms with Crippen molar-refractivity contribution in [3.8, 4) is 6.07 Å². The number of benzene rings is 2. The highest BCUT2D eigenvalue weighted by molar-refractivity contribution is 9.10. The summed E-state index contributed by atoms with van der Waals surface area (Å²) >= 11 is 9.25. The Morgan fingerprint density at radius 2 is 1.86 bits per heavy atom. The van der Waals surface area contributed by atoms with E-state index in [2.05, 4.69) is 26.6 Å². The summed E-state index contributed by atoms with van der Waals surface area (Å²) in [5.41, 5.74) is 1.81. The largest absolute Gasteiger partial charge is 0.376 e. The van der Waals surface area contributed by atoms with Gasteiger partial charge in [0.25, 0.3) is 0 Å². The number of hydrogen-bond acceptors (Lipinski definition) is 3. The Morgan fingerprint density at radius 1 is 1.19 bits per heavy atom. The van der Waals surface area contributed by atoms with Crippen molar-refractivity contribution >= 4 is 44.8 Å². The number of anilines is 2. The van der Waals surface area contributed by atoms with Crippen LogP contribution in [0.3, 0.4) is 0 Å². The molecule has 0 aliphatic carbocycles. The number of nitrogens with one attached hydrogen (secondary N) is 2. The number of carbonyl (C=O) groups excluding carboxylic acids is 1. The van der Waals surface area contributed by atoms with Crippen LogP contribution in [0, 0.1) is 11.3 Å². The fourth-order valence-corrected chi connectivity index (χ4v) is 2.12. The lowest BCUT2D eigenvalue weighted by Crippen LogP contribution is -2.21. The number of nitrogens with zero attached hydrogens (tertiary/aromatic N) is 1. The predicted molar refractivity (Wildman–Crippen MR) is 87.4 cm³/mol. The Balaban J connectivity index is 1.91. The van der Waals surface area contributed by atoms with E-state index in [0.29, 0.717) is 16.3 Å². The zero-order valence-electron chi connectivity index (χ0n) is 10.9. The van der Waals surface area contributed by atoms with Gasteiger partial charge in [0, 0.05) is 15.8 Å². The van der Waals surface area contributed by atoms with Crippen molar-refractivity contribution in [1.29, 1.82) is 5.26 Å². The summed E-state index contributed by atoms with van der Waals surface area (Å²) in [5, 5.41) is 14.9. The fourth-order valence-electron chi connectivity index (χ4n) is 1.64. The van der Waals surface area contributed by atoms with Crippen LogP contribution in [0.1, 0.15) is 5.56 Å². The van der Waals surface area contributed by atoms with Crippen LogP contribution in [0.2, 0.25) is 5.02 Å². The van der Waals surface area contributed by atoms with Crippen molar-refractivity contribution in [1.82, 2.24) is 0 Å². The fraction of sp³-hybridized carbons (Fsp3) is 0.0667. The van der Waals surface area contributed by atoms with Crippen molar-refractivity contribution in [3.63, 3.8) is 0 Å². The van der Waals surface area contributed by atoms with Gasteiger partial charge in [0.05, 0.1) is 17.1 Å². The molecule has 106 valence electrons. The van der Waals surface area contributed by atoms with Crippen molar-refractivity contribution < 1.29 is 4.79 Å². The quantitative estimate of drug-likeness (QED) is 0.861. The molecule has 0 heterocycles. The molecule has 0 aliphatic rings. The zero-order valence-corrected chi connectivity index (χ0v) is 13.2. The highest BCUT2D eigenvalue weighted by Crippen LogP contribution is 2.20. The standard InChI is InChI=1S/C15H11BrClN3O/c16-11-2-5-12(6-3-11)20-15(21)9-19-13-4-1-10(8-18)14(17)7-13/h1-7,19H,9H2,(H,20,21). The third-order valence-electron chi connectivity index (χ3n) is 2.67. The normalized spacial score (nSPS) is 9.76. The summed E-state index contributed by atoms with van der Waals surface area (Å²) in [7, 11) is 0. The Bertz CT molecular complexity index is 695. The molecule has 2 aromatic carbocycles. The molecule has 0 aliphatic heterocycles. The maximum absolute atomic E-state index is 11.8. The Morgan fingerprint density at radius 3 is 2.48 bits per heavy atom. The molecule has 0 saturated heterocycles. The highest BCUT2D eigenvalue weighted by atomic mass is 79.9. The van der Waals surface area contributed by atoms with E-state index in [1.165, 1.54) is 0 Å². The lowest BCUT2D eigenvalue weighted by Gasteiger charge is -2.08. The summed E-state index contributed by atoms with van der Waals surface area (Å²) in [6.07, 6.45) is 0. The molecule has 0 aromatic heterocycles. The number of rotatable bonds is 4. The Hall–Kier alpha value is -2.03. The molecular weight excluding hydrogens is 354 g/mol. The van der Waals surface area contributed by atoms with E-state index in [1.807, 2.05) is 18.2 Å². The molecule has 21 heavy (non-hydrogen) atoms. The van der Waals surface area contributed by atoms with Crippen LogP contribution in [-0.2, 0) is 4.79 Å². The van der Waals surface area contributed by atoms with Crippen molar-refractivity contribution in [2.24, 2.45) is 0 Å². The minimum absolute atomic E-state index is 0.109. The van der Waals surface area contributed by atoms with Crippen LogP contribution in [0.5, 0.6) is 0 Å². The number of hydrogen-bond donors (Lipinski definition) is 2. The van der Waals surface area contributed by atoms with Gasteiger partial charge in [-0.1, -0.05) is 27.5 Å². The second kappa shape index (κ2) is 7.11. The van der Waals surface area contributed by atoms with E-state index in [-0.39, 0.29) is 12.5 Å². The van der Waals surface area contributed by atoms with Gasteiger partial charge in [-0.15, -0.1) is 0 Å². The van der Waals surface area contributed by atoms with Crippen LogP contribution < -0.4 is 10.6 Å². The Kier molecular flexibility index (Phi) is 5.20. The molecule has 4 nitrogen and oxygen atoms in total. The van der Waals surface area contributed by atoms with Crippen molar-refractivity contribution in [2.45, 2.75) is 0 Å². The number of halogens is 2. The smallest absolute Gasteiger partial charge is 0.243 e. The molecule has 0 radical (unpaired) electrons. The monoisotopic (exact) mass is 363 g/mol. The molecule has 2 rings (SSSR count). The molecule has 0 spiro atoms. The Labute approximate surface area is 135 Å². The number of nitriles is 1. The van der Waals surface area contributed by atoms with Crippen LogP contribution in [0.15, 0.2) is 46.9 Å². The summed E-state index contributed by atoms with van der Waals surface area (Å²) in [6.45, 7) is 0.109. The second-order valence-corrected chi connectivity index (χ2v) is 5.54. The minimum Gasteiger partial charge on any atom is -0.376 e. The molecule has 2 N–H and O–H groups in total.